The summed E-state index contributed by atoms with van der Waals surface area (Å²) in [7, 11) is 1.85. The number of hydrogen-bond acceptors (Lipinski definition) is 5. The number of ketones is 1. The number of Topliss-reactive ketones (excluding diaryl/α,β-unsaturated/α-hetero) is 1. The van der Waals surface area contributed by atoms with Crippen LogP contribution >= 0.6 is 27.3 Å². The van der Waals surface area contributed by atoms with Crippen molar-refractivity contribution in [1.82, 2.24) is 14.8 Å². The van der Waals surface area contributed by atoms with Crippen LogP contribution in [0.5, 0.6) is 0 Å². The molecular formula is C13H17BrN4OS. The Balaban J connectivity index is 2.16. The molecule has 0 bridgehead atoms. The molecule has 2 aromatic heterocycles. The fraction of sp³-hybridized carbons (Fsp3) is 0.462. The number of carbonyl (C=O) groups is 1. The van der Waals surface area contributed by atoms with E-state index in [1.165, 1.54) is 11.3 Å². The lowest BCUT2D eigenvalue weighted by molar-refractivity contribution is 0.0986. The van der Waals surface area contributed by atoms with Crippen molar-refractivity contribution in [2.45, 2.75) is 26.2 Å². The van der Waals surface area contributed by atoms with Crippen LogP contribution in [0.15, 0.2) is 9.85 Å². The van der Waals surface area contributed by atoms with E-state index in [9.17, 15) is 4.79 Å². The Labute approximate surface area is 130 Å². The summed E-state index contributed by atoms with van der Waals surface area (Å²) >= 11 is 5.01. The van der Waals surface area contributed by atoms with Gasteiger partial charge in [-0.15, -0.1) is 11.3 Å². The zero-order chi connectivity index (χ0) is 14.7. The first-order valence-electron chi connectivity index (χ1n) is 6.44. The van der Waals surface area contributed by atoms with Crippen molar-refractivity contribution in [2.24, 2.45) is 12.8 Å². The molecule has 0 saturated carbocycles. The van der Waals surface area contributed by atoms with Gasteiger partial charge in [-0.05, 0) is 28.9 Å². The van der Waals surface area contributed by atoms with Crippen molar-refractivity contribution in [3.05, 3.63) is 31.9 Å². The van der Waals surface area contributed by atoms with E-state index in [1.54, 1.807) is 10.1 Å². The number of carbonyl (C=O) groups excluding carboxylic acids is 1. The molecule has 0 saturated heterocycles. The maximum Gasteiger partial charge on any atom is 0.188 e. The number of rotatable bonds is 6. The van der Waals surface area contributed by atoms with E-state index in [2.05, 4.69) is 26.0 Å². The van der Waals surface area contributed by atoms with Crippen LogP contribution in [-0.4, -0.2) is 27.1 Å². The van der Waals surface area contributed by atoms with Gasteiger partial charge in [0.1, 0.15) is 5.69 Å². The summed E-state index contributed by atoms with van der Waals surface area (Å²) < 4.78 is 2.68. The van der Waals surface area contributed by atoms with Gasteiger partial charge in [-0.1, -0.05) is 6.92 Å². The Kier molecular flexibility index (Phi) is 5.06. The highest BCUT2D eigenvalue weighted by Crippen LogP contribution is 2.23. The second-order valence-corrected chi connectivity index (χ2v) is 6.19. The molecule has 0 amide bonds. The van der Waals surface area contributed by atoms with E-state index in [-0.39, 0.29) is 5.78 Å². The summed E-state index contributed by atoms with van der Waals surface area (Å²) in [6.45, 7) is 2.59. The molecule has 108 valence electrons. The number of hydrogen-bond donors (Lipinski definition) is 1. The van der Waals surface area contributed by atoms with Crippen LogP contribution in [-0.2, 0) is 26.3 Å². The number of nitrogens with zero attached hydrogens (tertiary/aromatic N) is 3. The highest BCUT2D eigenvalue weighted by molar-refractivity contribution is 9.10. The monoisotopic (exact) mass is 356 g/mol. The highest BCUT2D eigenvalue weighted by atomic mass is 79.9. The van der Waals surface area contributed by atoms with Crippen LogP contribution in [0.2, 0.25) is 0 Å². The Morgan fingerprint density at radius 3 is 2.90 bits per heavy atom. The van der Waals surface area contributed by atoms with Crippen molar-refractivity contribution in [2.75, 3.05) is 6.54 Å². The molecule has 2 heterocycles. The number of halogens is 1. The second-order valence-electron chi connectivity index (χ2n) is 4.45. The minimum absolute atomic E-state index is 0.0101. The summed E-state index contributed by atoms with van der Waals surface area (Å²) in [5.41, 5.74) is 7.87. The molecule has 20 heavy (non-hydrogen) atoms. The first-order valence-corrected chi connectivity index (χ1v) is 8.12. The average molecular weight is 357 g/mol. The van der Waals surface area contributed by atoms with Crippen LogP contribution in [0.4, 0.5) is 0 Å². The molecule has 2 aromatic rings. The number of thiazole rings is 1. The summed E-state index contributed by atoms with van der Waals surface area (Å²) in [6.07, 6.45) is 1.85. The van der Waals surface area contributed by atoms with Crippen LogP contribution in [0.1, 0.15) is 33.8 Å². The minimum Gasteiger partial charge on any atom is -0.330 e. The lowest BCUT2D eigenvalue weighted by atomic mass is 10.1. The van der Waals surface area contributed by atoms with E-state index < -0.39 is 0 Å². The van der Waals surface area contributed by atoms with Gasteiger partial charge in [0.05, 0.1) is 27.3 Å². The predicted molar refractivity (Wildman–Crippen MR) is 83.2 cm³/mol. The Morgan fingerprint density at radius 2 is 2.30 bits per heavy atom. The first-order chi connectivity index (χ1) is 9.56. The van der Waals surface area contributed by atoms with Gasteiger partial charge in [0, 0.05) is 18.8 Å². The maximum absolute atomic E-state index is 12.3. The zero-order valence-corrected chi connectivity index (χ0v) is 13.9. The minimum atomic E-state index is 0.0101. The van der Waals surface area contributed by atoms with Gasteiger partial charge in [0.15, 0.2) is 5.78 Å². The molecule has 0 aliphatic rings. The van der Waals surface area contributed by atoms with Gasteiger partial charge in [-0.3, -0.25) is 9.48 Å². The van der Waals surface area contributed by atoms with Gasteiger partial charge in [-0.2, -0.15) is 5.10 Å². The molecule has 0 atom stereocenters. The molecular weight excluding hydrogens is 340 g/mol. The SMILES string of the molecule is CCc1nn(C)c(CC(=O)c2csc(CCN)n2)c1Br. The van der Waals surface area contributed by atoms with Crippen LogP contribution in [0.25, 0.3) is 0 Å². The Bertz CT molecular complexity index is 620. The van der Waals surface area contributed by atoms with E-state index in [1.807, 2.05) is 14.0 Å². The Morgan fingerprint density at radius 1 is 1.55 bits per heavy atom. The van der Waals surface area contributed by atoms with Crippen molar-refractivity contribution in [1.29, 1.82) is 0 Å². The third-order valence-electron chi connectivity index (χ3n) is 3.03. The number of nitrogens with two attached hydrogens (primary N) is 1. The second kappa shape index (κ2) is 6.60. The molecule has 0 aliphatic carbocycles. The average Bonchev–Trinajstić information content (AvgIpc) is 2.99. The topological polar surface area (TPSA) is 73.8 Å². The van der Waals surface area contributed by atoms with E-state index in [0.29, 0.717) is 25.1 Å². The quantitative estimate of drug-likeness (QED) is 0.804. The Hall–Kier alpha value is -1.05. The summed E-state index contributed by atoms with van der Waals surface area (Å²) in [5, 5.41) is 7.11. The lowest BCUT2D eigenvalue weighted by Crippen LogP contribution is -2.09. The number of aryl methyl sites for hydroxylation is 2. The normalized spacial score (nSPS) is 11.0. The predicted octanol–water partition coefficient (Wildman–Crippen LogP) is 2.13. The van der Waals surface area contributed by atoms with E-state index in [4.69, 9.17) is 5.73 Å². The standard InChI is InChI=1S/C13H17BrN4OS/c1-3-8-13(14)10(18(2)17-8)6-11(19)9-7-20-12(16-9)4-5-15/h7H,3-6,15H2,1-2H3. The van der Waals surface area contributed by atoms with Crippen LogP contribution < -0.4 is 5.73 Å². The van der Waals surface area contributed by atoms with Gasteiger partial charge >= 0.3 is 0 Å². The third kappa shape index (κ3) is 3.16. The summed E-state index contributed by atoms with van der Waals surface area (Å²) in [6, 6.07) is 0. The van der Waals surface area contributed by atoms with Crippen molar-refractivity contribution < 1.29 is 4.79 Å². The fourth-order valence-electron chi connectivity index (χ4n) is 1.93. The summed E-state index contributed by atoms with van der Waals surface area (Å²) in [5.74, 6) is 0.0101. The van der Waals surface area contributed by atoms with Crippen LogP contribution in [0, 0.1) is 0 Å². The first kappa shape index (κ1) is 15.3. The molecule has 7 heteroatoms. The molecule has 0 aromatic carbocycles. The van der Waals surface area contributed by atoms with Gasteiger partial charge in [0.25, 0.3) is 0 Å². The largest absolute Gasteiger partial charge is 0.330 e. The lowest BCUT2D eigenvalue weighted by Gasteiger charge is -2.00. The third-order valence-corrected chi connectivity index (χ3v) is 4.85. The molecule has 0 radical (unpaired) electrons. The fourth-order valence-corrected chi connectivity index (χ4v) is 3.51. The van der Waals surface area contributed by atoms with Crippen molar-refractivity contribution in [3.8, 4) is 0 Å². The molecule has 0 unspecified atom stereocenters. The van der Waals surface area contributed by atoms with E-state index >= 15 is 0 Å². The zero-order valence-electron chi connectivity index (χ0n) is 11.5. The van der Waals surface area contributed by atoms with Crippen molar-refractivity contribution in [3.63, 3.8) is 0 Å². The molecule has 5 nitrogen and oxygen atoms in total. The highest BCUT2D eigenvalue weighted by Gasteiger charge is 2.18. The molecule has 0 aliphatic heterocycles. The van der Waals surface area contributed by atoms with Crippen molar-refractivity contribution >= 4 is 33.0 Å². The number of aromatic nitrogens is 3. The van der Waals surface area contributed by atoms with Gasteiger partial charge in [0.2, 0.25) is 0 Å². The van der Waals surface area contributed by atoms with Crippen LogP contribution in [0.3, 0.4) is 0 Å². The summed E-state index contributed by atoms with van der Waals surface area (Å²) in [4.78, 5) is 16.6. The molecule has 0 spiro atoms. The van der Waals surface area contributed by atoms with Gasteiger partial charge < -0.3 is 5.73 Å². The van der Waals surface area contributed by atoms with Gasteiger partial charge in [-0.25, -0.2) is 4.98 Å². The van der Waals surface area contributed by atoms with E-state index in [0.717, 1.165) is 27.3 Å². The molecule has 2 rings (SSSR count). The molecule has 0 fully saturated rings. The molecule has 2 N–H and O–H groups in total. The maximum atomic E-state index is 12.3. The smallest absolute Gasteiger partial charge is 0.188 e.